The van der Waals surface area contributed by atoms with Crippen LogP contribution >= 0.6 is 15.9 Å². The summed E-state index contributed by atoms with van der Waals surface area (Å²) in [7, 11) is 0. The molecule has 0 spiro atoms. The first-order valence-electron chi connectivity index (χ1n) is 6.01. The van der Waals surface area contributed by atoms with Gasteiger partial charge in [0.05, 0.1) is 6.04 Å². The average Bonchev–Trinajstić information content (AvgIpc) is 2.89. The summed E-state index contributed by atoms with van der Waals surface area (Å²) in [5.41, 5.74) is 0.399. The van der Waals surface area contributed by atoms with Crippen LogP contribution in [0.2, 0.25) is 0 Å². The molecule has 3 heterocycles. The molecule has 2 saturated heterocycles. The number of hydrogen-bond donors (Lipinski definition) is 1. The van der Waals surface area contributed by atoms with Gasteiger partial charge in [0.25, 0.3) is 0 Å². The van der Waals surface area contributed by atoms with Crippen LogP contribution in [0.1, 0.15) is 35.8 Å². The highest BCUT2D eigenvalue weighted by molar-refractivity contribution is 9.10. The van der Waals surface area contributed by atoms with Crippen LogP contribution in [0.5, 0.6) is 0 Å². The fraction of sp³-hybridized carbons (Fsp3) is 0.583. The topological polar surface area (TPSA) is 45.5 Å². The number of hydrogen-bond acceptors (Lipinski definition) is 2. The molecule has 92 valence electrons. The van der Waals surface area contributed by atoms with Gasteiger partial charge in [0.1, 0.15) is 5.69 Å². The van der Waals surface area contributed by atoms with E-state index in [9.17, 15) is 9.90 Å². The minimum absolute atomic E-state index is 0.329. The van der Waals surface area contributed by atoms with Crippen LogP contribution in [-0.4, -0.2) is 39.7 Å². The number of fused-ring (bicyclic) bond motifs is 1. The van der Waals surface area contributed by atoms with Gasteiger partial charge < -0.3 is 9.67 Å². The molecule has 3 rings (SSSR count). The monoisotopic (exact) mass is 298 g/mol. The molecule has 0 amide bonds. The van der Waals surface area contributed by atoms with E-state index < -0.39 is 5.97 Å². The summed E-state index contributed by atoms with van der Waals surface area (Å²) in [4.78, 5) is 13.7. The molecule has 2 atom stereocenters. The molecule has 2 aliphatic heterocycles. The van der Waals surface area contributed by atoms with E-state index in [1.165, 1.54) is 19.4 Å². The van der Waals surface area contributed by atoms with Gasteiger partial charge in [0.2, 0.25) is 0 Å². The van der Waals surface area contributed by atoms with E-state index in [0.717, 1.165) is 17.4 Å². The van der Waals surface area contributed by atoms with Crippen LogP contribution in [0.4, 0.5) is 0 Å². The minimum atomic E-state index is -0.841. The van der Waals surface area contributed by atoms with Crippen molar-refractivity contribution in [3.05, 3.63) is 22.4 Å². The van der Waals surface area contributed by atoms with Crippen molar-refractivity contribution in [2.75, 3.05) is 13.1 Å². The smallest absolute Gasteiger partial charge is 0.352 e. The lowest BCUT2D eigenvalue weighted by molar-refractivity contribution is 0.0681. The largest absolute Gasteiger partial charge is 0.477 e. The van der Waals surface area contributed by atoms with Gasteiger partial charge in [0.15, 0.2) is 0 Å². The maximum atomic E-state index is 11.2. The molecule has 17 heavy (non-hydrogen) atoms. The Balaban J connectivity index is 1.96. The molecule has 0 radical (unpaired) electrons. The third-order valence-corrected chi connectivity index (χ3v) is 4.40. The molecule has 2 unspecified atom stereocenters. The Morgan fingerprint density at radius 1 is 1.35 bits per heavy atom. The summed E-state index contributed by atoms with van der Waals surface area (Å²) in [5, 5.41) is 9.22. The first-order valence-corrected chi connectivity index (χ1v) is 6.81. The Hall–Kier alpha value is -0.810. The SMILES string of the molecule is O=C(O)c1cc(Br)cn1C1CCN2CCCC12. The lowest BCUT2D eigenvalue weighted by Crippen LogP contribution is -2.28. The van der Waals surface area contributed by atoms with Crippen molar-refractivity contribution in [3.63, 3.8) is 0 Å². The van der Waals surface area contributed by atoms with Crippen LogP contribution < -0.4 is 0 Å². The van der Waals surface area contributed by atoms with E-state index in [-0.39, 0.29) is 0 Å². The molecular formula is C12H15BrN2O2. The summed E-state index contributed by atoms with van der Waals surface area (Å²) >= 11 is 3.37. The highest BCUT2D eigenvalue weighted by Gasteiger charge is 2.39. The summed E-state index contributed by atoms with van der Waals surface area (Å²) in [5.74, 6) is -0.841. The van der Waals surface area contributed by atoms with Gasteiger partial charge in [-0.25, -0.2) is 4.79 Å². The predicted octanol–water partition coefficient (Wildman–Crippen LogP) is 2.36. The lowest BCUT2D eigenvalue weighted by Gasteiger charge is -2.22. The van der Waals surface area contributed by atoms with Crippen LogP contribution in [0.3, 0.4) is 0 Å². The van der Waals surface area contributed by atoms with Crippen molar-refractivity contribution in [2.45, 2.75) is 31.3 Å². The van der Waals surface area contributed by atoms with Gasteiger partial charge in [0, 0.05) is 23.3 Å². The summed E-state index contributed by atoms with van der Waals surface area (Å²) in [6.45, 7) is 2.27. The molecule has 0 saturated carbocycles. The first-order chi connectivity index (χ1) is 8.16. The molecule has 0 aliphatic carbocycles. The van der Waals surface area contributed by atoms with Crippen LogP contribution in [0.25, 0.3) is 0 Å². The molecular weight excluding hydrogens is 284 g/mol. The highest BCUT2D eigenvalue weighted by Crippen LogP contribution is 2.37. The second kappa shape index (κ2) is 4.14. The number of carboxylic acids is 1. The second-order valence-electron chi connectivity index (χ2n) is 4.86. The third kappa shape index (κ3) is 1.81. The standard InChI is InChI=1S/C12H15BrN2O2/c13-8-6-11(12(16)17)15(7-8)10-3-5-14-4-1-2-9(10)14/h6-7,9-10H,1-5H2,(H,16,17). The Bertz CT molecular complexity index is 457. The summed E-state index contributed by atoms with van der Waals surface area (Å²) in [6, 6.07) is 2.56. The molecule has 0 bridgehead atoms. The zero-order valence-corrected chi connectivity index (χ0v) is 11.1. The van der Waals surface area contributed by atoms with Crippen molar-refractivity contribution in [1.82, 2.24) is 9.47 Å². The van der Waals surface area contributed by atoms with Gasteiger partial charge in [-0.05, 0) is 47.8 Å². The van der Waals surface area contributed by atoms with E-state index >= 15 is 0 Å². The molecule has 0 aromatic carbocycles. The number of aromatic nitrogens is 1. The number of aromatic carboxylic acids is 1. The van der Waals surface area contributed by atoms with E-state index in [1.807, 2.05) is 10.8 Å². The maximum absolute atomic E-state index is 11.2. The van der Waals surface area contributed by atoms with Crippen LogP contribution in [0, 0.1) is 0 Å². The predicted molar refractivity (Wildman–Crippen MR) is 67.3 cm³/mol. The summed E-state index contributed by atoms with van der Waals surface area (Å²) < 4.78 is 2.80. The number of carboxylic acid groups (broad SMARTS) is 1. The fourth-order valence-electron chi connectivity index (χ4n) is 3.27. The van der Waals surface area contributed by atoms with Crippen molar-refractivity contribution in [3.8, 4) is 0 Å². The zero-order chi connectivity index (χ0) is 12.0. The molecule has 1 aromatic heterocycles. The number of halogens is 1. The van der Waals surface area contributed by atoms with Crippen LogP contribution in [0.15, 0.2) is 16.7 Å². The van der Waals surface area contributed by atoms with E-state index in [2.05, 4.69) is 20.8 Å². The van der Waals surface area contributed by atoms with Crippen molar-refractivity contribution < 1.29 is 9.90 Å². The van der Waals surface area contributed by atoms with Gasteiger partial charge in [-0.15, -0.1) is 0 Å². The quantitative estimate of drug-likeness (QED) is 0.912. The Labute approximate surface area is 108 Å². The van der Waals surface area contributed by atoms with Gasteiger partial charge in [-0.2, -0.15) is 0 Å². The van der Waals surface area contributed by atoms with Gasteiger partial charge in [-0.3, -0.25) is 4.90 Å². The third-order valence-electron chi connectivity index (χ3n) is 3.96. The van der Waals surface area contributed by atoms with Crippen molar-refractivity contribution >= 4 is 21.9 Å². The van der Waals surface area contributed by atoms with E-state index in [0.29, 0.717) is 17.8 Å². The Morgan fingerprint density at radius 3 is 2.94 bits per heavy atom. The lowest BCUT2D eigenvalue weighted by atomic mass is 10.1. The molecule has 2 aliphatic rings. The normalized spacial score (nSPS) is 28.5. The number of carbonyl (C=O) groups is 1. The van der Waals surface area contributed by atoms with Crippen LogP contribution in [-0.2, 0) is 0 Å². The zero-order valence-electron chi connectivity index (χ0n) is 9.47. The maximum Gasteiger partial charge on any atom is 0.352 e. The van der Waals surface area contributed by atoms with Crippen molar-refractivity contribution in [1.29, 1.82) is 0 Å². The number of rotatable bonds is 2. The minimum Gasteiger partial charge on any atom is -0.477 e. The summed E-state index contributed by atoms with van der Waals surface area (Å²) in [6.07, 6.45) is 5.41. The highest BCUT2D eigenvalue weighted by atomic mass is 79.9. The van der Waals surface area contributed by atoms with Gasteiger partial charge in [-0.1, -0.05) is 0 Å². The Kier molecular flexibility index (Phi) is 2.75. The van der Waals surface area contributed by atoms with E-state index in [4.69, 9.17) is 0 Å². The number of nitrogens with zero attached hydrogens (tertiary/aromatic N) is 2. The van der Waals surface area contributed by atoms with E-state index in [1.54, 1.807) is 6.07 Å². The molecule has 4 nitrogen and oxygen atoms in total. The first kappa shape index (κ1) is 11.3. The molecule has 5 heteroatoms. The molecule has 1 N–H and O–H groups in total. The average molecular weight is 299 g/mol. The second-order valence-corrected chi connectivity index (χ2v) is 5.77. The van der Waals surface area contributed by atoms with Crippen molar-refractivity contribution in [2.24, 2.45) is 0 Å². The fourth-order valence-corrected chi connectivity index (χ4v) is 3.71. The Morgan fingerprint density at radius 2 is 2.18 bits per heavy atom. The van der Waals surface area contributed by atoms with Gasteiger partial charge >= 0.3 is 5.97 Å². The molecule has 1 aromatic rings. The molecule has 2 fully saturated rings.